The molecule has 0 heterocycles. The Morgan fingerprint density at radius 3 is 1.38 bits per heavy atom. The Labute approximate surface area is 90.2 Å². The van der Waals surface area contributed by atoms with Gasteiger partial charge >= 0.3 is 89.6 Å². The molecular formula is C7H7AsF8. The average molecular weight is 318 g/mol. The van der Waals surface area contributed by atoms with Crippen LogP contribution in [0.15, 0.2) is 0 Å². The van der Waals surface area contributed by atoms with E-state index in [1.54, 1.807) is 0 Å². The average Bonchev–Trinajstić information content (AvgIpc) is 2.45. The molecule has 2 atom stereocenters. The van der Waals surface area contributed by atoms with E-state index in [2.05, 4.69) is 0 Å². The number of hydrogen-bond acceptors (Lipinski definition) is 0. The van der Waals surface area contributed by atoms with E-state index in [1.165, 1.54) is 0 Å². The van der Waals surface area contributed by atoms with Gasteiger partial charge in [-0.1, -0.05) is 0 Å². The van der Waals surface area contributed by atoms with Crippen molar-refractivity contribution < 1.29 is 35.1 Å². The normalized spacial score (nSPS) is 34.3. The van der Waals surface area contributed by atoms with Gasteiger partial charge in [-0.15, -0.1) is 0 Å². The number of alkyl halides is 8. The zero-order valence-corrected chi connectivity index (χ0v) is 9.92. The van der Waals surface area contributed by atoms with Gasteiger partial charge in [-0.05, 0) is 0 Å². The molecular weight excluding hydrogens is 311 g/mol. The minimum atomic E-state index is -5.52. The van der Waals surface area contributed by atoms with E-state index in [0.717, 1.165) is 11.4 Å². The van der Waals surface area contributed by atoms with Crippen LogP contribution in [0.2, 0.25) is 15.6 Å². The first-order chi connectivity index (χ1) is 6.81. The van der Waals surface area contributed by atoms with Crippen LogP contribution in [0.3, 0.4) is 0 Å². The molecule has 0 radical (unpaired) electrons. The monoisotopic (exact) mass is 318 g/mol. The molecule has 1 saturated carbocycles. The van der Waals surface area contributed by atoms with Crippen molar-refractivity contribution in [3.8, 4) is 0 Å². The van der Waals surface area contributed by atoms with Gasteiger partial charge < -0.3 is 0 Å². The second kappa shape index (κ2) is 3.27. The van der Waals surface area contributed by atoms with E-state index >= 15 is 0 Å². The SMILES string of the molecule is C[As](C)C1(C(F)(F)F)C(C(F)(F)F)C1(F)F. The summed E-state index contributed by atoms with van der Waals surface area (Å²) in [7, 11) is 0. The van der Waals surface area contributed by atoms with Gasteiger partial charge in [0.1, 0.15) is 0 Å². The first-order valence-electron chi connectivity index (χ1n) is 4.00. The Bertz CT molecular complexity index is 290. The zero-order valence-electron chi connectivity index (χ0n) is 8.05. The van der Waals surface area contributed by atoms with Crippen molar-refractivity contribution >= 4 is 14.7 Å². The molecule has 0 spiro atoms. The molecule has 0 amide bonds. The molecule has 0 N–H and O–H groups in total. The Morgan fingerprint density at radius 1 is 0.938 bits per heavy atom. The predicted octanol–water partition coefficient (Wildman–Crippen LogP) is 3.87. The molecule has 0 bridgehead atoms. The summed E-state index contributed by atoms with van der Waals surface area (Å²) < 4.78 is 96.0. The van der Waals surface area contributed by atoms with Crippen molar-refractivity contribution in [3.05, 3.63) is 0 Å². The summed E-state index contributed by atoms with van der Waals surface area (Å²) in [6.07, 6.45) is -11.0. The molecule has 1 fully saturated rings. The third-order valence-electron chi connectivity index (χ3n) is 2.67. The second-order valence-corrected chi connectivity index (χ2v) is 8.99. The van der Waals surface area contributed by atoms with E-state index in [-0.39, 0.29) is 0 Å². The number of hydrogen-bond donors (Lipinski definition) is 0. The van der Waals surface area contributed by atoms with E-state index in [0.29, 0.717) is 0 Å². The van der Waals surface area contributed by atoms with E-state index in [4.69, 9.17) is 0 Å². The standard InChI is InChI=1S/C7H7AsF8/c1-8(2)4(7(14,15)16)3(5(4,9)10)6(11,12)13/h3H,1-2H3. The van der Waals surface area contributed by atoms with Crippen LogP contribution >= 0.6 is 0 Å². The first-order valence-corrected chi connectivity index (χ1v) is 8.69. The topological polar surface area (TPSA) is 0 Å². The van der Waals surface area contributed by atoms with Gasteiger partial charge in [0.15, 0.2) is 0 Å². The summed E-state index contributed by atoms with van der Waals surface area (Å²) in [5.74, 6) is -8.28. The second-order valence-electron chi connectivity index (χ2n) is 3.76. The van der Waals surface area contributed by atoms with Crippen molar-refractivity contribution in [2.24, 2.45) is 5.92 Å². The summed E-state index contributed by atoms with van der Waals surface area (Å²) in [5, 5.41) is 0. The van der Waals surface area contributed by atoms with E-state index < -0.39 is 43.0 Å². The maximum absolute atomic E-state index is 13.0. The van der Waals surface area contributed by atoms with Gasteiger partial charge in [-0.25, -0.2) is 0 Å². The molecule has 9 heteroatoms. The summed E-state index contributed by atoms with van der Waals surface area (Å²) in [4.78, 5) is 0. The minimum absolute atomic E-state index is 0.861. The van der Waals surface area contributed by atoms with Crippen LogP contribution in [0.5, 0.6) is 0 Å². The fourth-order valence-corrected chi connectivity index (χ4v) is 6.18. The Hall–Kier alpha value is -0.00156. The Balaban J connectivity index is 3.28. The molecule has 1 rings (SSSR count). The van der Waals surface area contributed by atoms with Crippen LogP contribution in [-0.2, 0) is 0 Å². The molecule has 16 heavy (non-hydrogen) atoms. The van der Waals surface area contributed by atoms with E-state index in [9.17, 15) is 35.1 Å². The summed E-state index contributed by atoms with van der Waals surface area (Å²) >= 11 is -3.34. The molecule has 0 aliphatic heterocycles. The molecule has 0 aromatic carbocycles. The maximum atomic E-state index is 13.0. The van der Waals surface area contributed by atoms with Gasteiger partial charge in [-0.2, -0.15) is 0 Å². The molecule has 0 aromatic rings. The quantitative estimate of drug-likeness (QED) is 0.509. The van der Waals surface area contributed by atoms with Crippen molar-refractivity contribution in [3.63, 3.8) is 0 Å². The van der Waals surface area contributed by atoms with Crippen molar-refractivity contribution in [1.82, 2.24) is 0 Å². The van der Waals surface area contributed by atoms with Gasteiger partial charge in [0.2, 0.25) is 0 Å². The molecule has 96 valence electrons. The Morgan fingerprint density at radius 2 is 1.31 bits per heavy atom. The molecule has 0 saturated heterocycles. The van der Waals surface area contributed by atoms with Crippen molar-refractivity contribution in [2.45, 2.75) is 33.9 Å². The van der Waals surface area contributed by atoms with Gasteiger partial charge in [0, 0.05) is 0 Å². The molecule has 2 unspecified atom stereocenters. The molecule has 0 aromatic heterocycles. The van der Waals surface area contributed by atoms with Crippen molar-refractivity contribution in [2.75, 3.05) is 0 Å². The molecule has 1 aliphatic rings. The first kappa shape index (κ1) is 14.1. The fourth-order valence-electron chi connectivity index (χ4n) is 2.00. The summed E-state index contributed by atoms with van der Waals surface area (Å²) in [6.45, 7) is 0. The van der Waals surface area contributed by atoms with Crippen LogP contribution in [0.4, 0.5) is 35.1 Å². The van der Waals surface area contributed by atoms with Crippen LogP contribution in [-0.4, -0.2) is 32.9 Å². The summed E-state index contributed by atoms with van der Waals surface area (Å²) in [5.41, 5.74) is 1.72. The summed E-state index contributed by atoms with van der Waals surface area (Å²) in [6, 6.07) is 0. The van der Waals surface area contributed by atoms with Crippen molar-refractivity contribution in [1.29, 1.82) is 0 Å². The van der Waals surface area contributed by atoms with Crippen LogP contribution in [0, 0.1) is 5.92 Å². The molecule has 0 nitrogen and oxygen atoms in total. The van der Waals surface area contributed by atoms with Gasteiger partial charge in [0.05, 0.1) is 0 Å². The third-order valence-corrected chi connectivity index (χ3v) is 7.33. The number of rotatable bonds is 1. The zero-order chi connectivity index (χ0) is 13.2. The van der Waals surface area contributed by atoms with Crippen LogP contribution in [0.25, 0.3) is 0 Å². The van der Waals surface area contributed by atoms with E-state index in [1.807, 2.05) is 0 Å². The number of halogens is 8. The van der Waals surface area contributed by atoms with Gasteiger partial charge in [-0.3, -0.25) is 0 Å². The van der Waals surface area contributed by atoms with Crippen LogP contribution in [0.1, 0.15) is 0 Å². The third kappa shape index (κ3) is 1.48. The predicted molar refractivity (Wildman–Crippen MR) is 40.7 cm³/mol. The fraction of sp³-hybridized carbons (Fsp3) is 1.00. The van der Waals surface area contributed by atoms with Crippen LogP contribution < -0.4 is 0 Å². The van der Waals surface area contributed by atoms with Gasteiger partial charge in [0.25, 0.3) is 0 Å². The Kier molecular flexibility index (Phi) is 2.87. The molecule has 1 aliphatic carbocycles.